The van der Waals surface area contributed by atoms with Crippen LogP contribution in [0.4, 0.5) is 11.5 Å². The molecule has 4 nitrogen and oxygen atoms in total. The molecule has 19 heavy (non-hydrogen) atoms. The summed E-state index contributed by atoms with van der Waals surface area (Å²) >= 11 is 5.94. The maximum absolute atomic E-state index is 5.96. The zero-order valence-electron chi connectivity index (χ0n) is 11.3. The van der Waals surface area contributed by atoms with E-state index in [0.717, 1.165) is 5.82 Å². The van der Waals surface area contributed by atoms with Gasteiger partial charge in [-0.1, -0.05) is 18.0 Å². The van der Waals surface area contributed by atoms with Gasteiger partial charge < -0.3 is 16.0 Å². The fourth-order valence-electron chi connectivity index (χ4n) is 3.49. The first-order chi connectivity index (χ1) is 9.13. The van der Waals surface area contributed by atoms with Crippen molar-refractivity contribution in [1.29, 1.82) is 0 Å². The van der Waals surface area contributed by atoms with Crippen molar-refractivity contribution in [2.24, 2.45) is 0 Å². The minimum Gasteiger partial charge on any atom is -0.396 e. The first kappa shape index (κ1) is 13.0. The van der Waals surface area contributed by atoms with Gasteiger partial charge in [-0.25, -0.2) is 4.98 Å². The average Bonchev–Trinajstić information content (AvgIpc) is 2.35. The van der Waals surface area contributed by atoms with Crippen LogP contribution in [0.5, 0.6) is 0 Å². The number of anilines is 2. The molecule has 1 aromatic rings. The van der Waals surface area contributed by atoms with E-state index in [-0.39, 0.29) is 0 Å². The summed E-state index contributed by atoms with van der Waals surface area (Å²) in [4.78, 5) is 6.85. The molecule has 0 spiro atoms. The summed E-state index contributed by atoms with van der Waals surface area (Å²) in [7, 11) is 2.26. The van der Waals surface area contributed by atoms with Gasteiger partial charge in [0.1, 0.15) is 5.15 Å². The van der Waals surface area contributed by atoms with Crippen molar-refractivity contribution in [2.45, 2.75) is 50.2 Å². The van der Waals surface area contributed by atoms with Crippen molar-refractivity contribution in [2.75, 3.05) is 18.1 Å². The molecule has 0 aromatic carbocycles. The molecule has 2 bridgehead atoms. The van der Waals surface area contributed by atoms with Crippen LogP contribution in [0.3, 0.4) is 0 Å². The van der Waals surface area contributed by atoms with Gasteiger partial charge in [-0.15, -0.1) is 0 Å². The first-order valence-electron chi connectivity index (χ1n) is 7.04. The first-order valence-corrected chi connectivity index (χ1v) is 7.42. The van der Waals surface area contributed by atoms with Gasteiger partial charge in [0.05, 0.1) is 5.69 Å². The van der Waals surface area contributed by atoms with Crippen LogP contribution < -0.4 is 11.1 Å². The van der Waals surface area contributed by atoms with Crippen LogP contribution in [-0.4, -0.2) is 35.1 Å². The van der Waals surface area contributed by atoms with E-state index in [0.29, 0.717) is 29.0 Å². The summed E-state index contributed by atoms with van der Waals surface area (Å²) in [6.07, 6.45) is 6.32. The molecule has 2 aliphatic rings. The van der Waals surface area contributed by atoms with Crippen LogP contribution in [0.15, 0.2) is 12.1 Å². The Hall–Kier alpha value is -1.00. The number of piperidine rings is 2. The SMILES string of the molecule is CN1C2CCCC1CC(Nc1nc(Cl)ccc1N)C2. The van der Waals surface area contributed by atoms with Crippen LogP contribution in [-0.2, 0) is 0 Å². The van der Waals surface area contributed by atoms with Gasteiger partial charge in [-0.3, -0.25) is 0 Å². The molecule has 0 radical (unpaired) electrons. The van der Waals surface area contributed by atoms with E-state index in [1.54, 1.807) is 6.07 Å². The number of aromatic nitrogens is 1. The second kappa shape index (κ2) is 5.17. The third kappa shape index (κ3) is 2.65. The second-order valence-electron chi connectivity index (χ2n) is 5.79. The van der Waals surface area contributed by atoms with Crippen LogP contribution in [0, 0.1) is 0 Å². The monoisotopic (exact) mass is 280 g/mol. The molecule has 2 aliphatic heterocycles. The number of rotatable bonds is 2. The molecule has 5 heteroatoms. The lowest BCUT2D eigenvalue weighted by Gasteiger charge is -2.47. The number of fused-ring (bicyclic) bond motifs is 2. The Labute approximate surface area is 119 Å². The molecule has 0 aliphatic carbocycles. The molecule has 1 aromatic heterocycles. The topological polar surface area (TPSA) is 54.2 Å². The summed E-state index contributed by atoms with van der Waals surface area (Å²) in [6.45, 7) is 0. The van der Waals surface area contributed by atoms with Crippen molar-refractivity contribution in [1.82, 2.24) is 9.88 Å². The van der Waals surface area contributed by atoms with Gasteiger partial charge in [0.25, 0.3) is 0 Å². The summed E-state index contributed by atoms with van der Waals surface area (Å²) in [5.41, 5.74) is 6.63. The fraction of sp³-hybridized carbons (Fsp3) is 0.643. The van der Waals surface area contributed by atoms with E-state index in [4.69, 9.17) is 17.3 Å². The highest BCUT2D eigenvalue weighted by Crippen LogP contribution is 2.34. The number of nitrogens with one attached hydrogen (secondary N) is 1. The predicted octanol–water partition coefficient (Wildman–Crippen LogP) is 2.74. The molecule has 2 atom stereocenters. The Balaban J connectivity index is 1.72. The van der Waals surface area contributed by atoms with Crippen molar-refractivity contribution in [3.63, 3.8) is 0 Å². The van der Waals surface area contributed by atoms with Crippen LogP contribution in [0.25, 0.3) is 0 Å². The van der Waals surface area contributed by atoms with E-state index in [1.807, 2.05) is 6.07 Å². The van der Waals surface area contributed by atoms with E-state index < -0.39 is 0 Å². The van der Waals surface area contributed by atoms with Crippen molar-refractivity contribution >= 4 is 23.1 Å². The minimum absolute atomic E-state index is 0.458. The minimum atomic E-state index is 0.458. The number of nitrogens with two attached hydrogens (primary N) is 1. The van der Waals surface area contributed by atoms with Crippen LogP contribution >= 0.6 is 11.6 Å². The third-order valence-corrected chi connectivity index (χ3v) is 4.78. The van der Waals surface area contributed by atoms with Crippen molar-refractivity contribution in [3.8, 4) is 0 Å². The molecular weight excluding hydrogens is 260 g/mol. The molecule has 2 unspecified atom stereocenters. The molecule has 0 saturated carbocycles. The van der Waals surface area contributed by atoms with Crippen molar-refractivity contribution in [3.05, 3.63) is 17.3 Å². The molecule has 3 heterocycles. The highest BCUT2D eigenvalue weighted by atomic mass is 35.5. The number of halogens is 1. The van der Waals surface area contributed by atoms with Crippen LogP contribution in [0.1, 0.15) is 32.1 Å². The van der Waals surface area contributed by atoms with Gasteiger partial charge in [-0.05, 0) is 44.9 Å². The fourth-order valence-corrected chi connectivity index (χ4v) is 3.64. The standard InChI is InChI=1S/C14H21ClN4/c1-19-10-3-2-4-11(19)8-9(7-10)17-14-12(16)5-6-13(15)18-14/h5-6,9-11H,2-4,7-8,16H2,1H3,(H,17,18). The van der Waals surface area contributed by atoms with E-state index in [2.05, 4.69) is 22.2 Å². The Morgan fingerprint density at radius 2 is 2.00 bits per heavy atom. The molecule has 0 amide bonds. The summed E-state index contributed by atoms with van der Waals surface area (Å²) in [5, 5.41) is 3.98. The molecule has 3 N–H and O–H groups in total. The van der Waals surface area contributed by atoms with Crippen LogP contribution in [0.2, 0.25) is 5.15 Å². The zero-order valence-corrected chi connectivity index (χ0v) is 12.0. The van der Waals surface area contributed by atoms with E-state index in [9.17, 15) is 0 Å². The lowest BCUT2D eigenvalue weighted by Crippen LogP contribution is -2.52. The number of hydrogen-bond donors (Lipinski definition) is 2. The summed E-state index contributed by atoms with van der Waals surface area (Å²) in [6, 6.07) is 5.40. The van der Waals surface area contributed by atoms with Gasteiger partial charge in [0, 0.05) is 18.1 Å². The van der Waals surface area contributed by atoms with E-state index in [1.165, 1.54) is 32.1 Å². The third-order valence-electron chi connectivity index (χ3n) is 4.57. The number of nitrogen functional groups attached to an aromatic ring is 1. The summed E-state index contributed by atoms with van der Waals surface area (Å²) < 4.78 is 0. The Morgan fingerprint density at radius 1 is 1.32 bits per heavy atom. The highest BCUT2D eigenvalue weighted by Gasteiger charge is 2.36. The largest absolute Gasteiger partial charge is 0.396 e. The maximum Gasteiger partial charge on any atom is 0.151 e. The normalized spacial score (nSPS) is 31.2. The van der Waals surface area contributed by atoms with Gasteiger partial charge in [-0.2, -0.15) is 0 Å². The molecular formula is C14H21ClN4. The molecule has 2 fully saturated rings. The predicted molar refractivity (Wildman–Crippen MR) is 79.5 cm³/mol. The maximum atomic E-state index is 5.96. The van der Waals surface area contributed by atoms with E-state index >= 15 is 0 Å². The van der Waals surface area contributed by atoms with Gasteiger partial charge in [0.15, 0.2) is 5.82 Å². The smallest absolute Gasteiger partial charge is 0.151 e. The lowest BCUT2D eigenvalue weighted by atomic mass is 9.82. The Bertz CT molecular complexity index is 451. The number of nitrogens with zero attached hydrogens (tertiary/aromatic N) is 2. The summed E-state index contributed by atoms with van der Waals surface area (Å²) in [5.74, 6) is 0.736. The quantitative estimate of drug-likeness (QED) is 0.818. The average molecular weight is 281 g/mol. The number of hydrogen-bond acceptors (Lipinski definition) is 4. The molecule has 2 saturated heterocycles. The number of pyridine rings is 1. The Morgan fingerprint density at radius 3 is 2.68 bits per heavy atom. The lowest BCUT2D eigenvalue weighted by molar-refractivity contribution is 0.0608. The van der Waals surface area contributed by atoms with Gasteiger partial charge in [0.2, 0.25) is 0 Å². The zero-order chi connectivity index (χ0) is 13.4. The highest BCUT2D eigenvalue weighted by molar-refractivity contribution is 6.29. The second-order valence-corrected chi connectivity index (χ2v) is 6.18. The molecule has 3 rings (SSSR count). The Kier molecular flexibility index (Phi) is 3.54. The van der Waals surface area contributed by atoms with Gasteiger partial charge >= 0.3 is 0 Å². The van der Waals surface area contributed by atoms with Crippen molar-refractivity contribution < 1.29 is 0 Å². The molecule has 104 valence electrons.